The molecule has 6 nitrogen and oxygen atoms in total. The number of carbonyl (C=O) groups excluding carboxylic acids is 2. The molecule has 24 heavy (non-hydrogen) atoms. The van der Waals surface area contributed by atoms with Gasteiger partial charge in [-0.05, 0) is 29.8 Å². The molecule has 2 rings (SSSR count). The first-order chi connectivity index (χ1) is 11.6. The van der Waals surface area contributed by atoms with E-state index in [1.165, 1.54) is 7.11 Å². The van der Waals surface area contributed by atoms with E-state index in [0.717, 1.165) is 17.0 Å². The van der Waals surface area contributed by atoms with Gasteiger partial charge < -0.3 is 20.1 Å². The smallest absolute Gasteiger partial charge is 0.325 e. The van der Waals surface area contributed by atoms with Gasteiger partial charge in [0.2, 0.25) is 5.91 Å². The summed E-state index contributed by atoms with van der Waals surface area (Å²) in [7, 11) is 2.87. The highest BCUT2D eigenvalue weighted by Crippen LogP contribution is 2.22. The molecule has 0 fully saturated rings. The molecule has 0 saturated carbocycles. The van der Waals surface area contributed by atoms with E-state index in [4.69, 9.17) is 4.74 Å². The van der Waals surface area contributed by atoms with E-state index < -0.39 is 12.0 Å². The first kappa shape index (κ1) is 17.3. The third-order valence-corrected chi connectivity index (χ3v) is 3.43. The number of benzene rings is 2. The fourth-order valence-corrected chi connectivity index (χ4v) is 2.13. The molecule has 0 saturated heterocycles. The Bertz CT molecular complexity index is 671. The number of hydrogen-bond acceptors (Lipinski definition) is 5. The molecule has 0 unspecified atom stereocenters. The van der Waals surface area contributed by atoms with Gasteiger partial charge in [0.25, 0.3) is 0 Å². The summed E-state index contributed by atoms with van der Waals surface area (Å²) in [6.45, 7) is -0.178. The molecule has 0 radical (unpaired) electrons. The van der Waals surface area contributed by atoms with Gasteiger partial charge in [0.05, 0.1) is 14.2 Å². The van der Waals surface area contributed by atoms with Gasteiger partial charge in [0, 0.05) is 5.69 Å². The van der Waals surface area contributed by atoms with E-state index >= 15 is 0 Å². The number of esters is 1. The molecule has 0 aliphatic heterocycles. The van der Waals surface area contributed by atoms with Crippen LogP contribution in [0, 0.1) is 0 Å². The summed E-state index contributed by atoms with van der Waals surface area (Å²) in [6.07, 6.45) is 0. The van der Waals surface area contributed by atoms with Crippen LogP contribution in [0.5, 0.6) is 5.75 Å². The minimum absolute atomic E-state index is 0.178. The monoisotopic (exact) mass is 328 g/mol. The van der Waals surface area contributed by atoms with Crippen LogP contribution in [-0.4, -0.2) is 32.6 Å². The van der Waals surface area contributed by atoms with Crippen molar-refractivity contribution in [2.24, 2.45) is 0 Å². The molecule has 0 heterocycles. The first-order valence-electron chi connectivity index (χ1n) is 7.44. The molecule has 2 aromatic rings. The van der Waals surface area contributed by atoms with Gasteiger partial charge in [-0.25, -0.2) is 0 Å². The highest BCUT2D eigenvalue weighted by Gasteiger charge is 2.21. The van der Waals surface area contributed by atoms with E-state index in [2.05, 4.69) is 15.4 Å². The standard InChI is InChI=1S/C18H20N2O4/c1-23-15-10-8-14(9-11-15)20-17(13-6-4-3-5-7-13)18(22)19-12-16(21)24-2/h3-11,17,20H,12H2,1-2H3,(H,19,22)/t17-/m0/s1. The van der Waals surface area contributed by atoms with Crippen molar-refractivity contribution in [1.29, 1.82) is 0 Å². The Balaban J connectivity index is 2.16. The lowest BCUT2D eigenvalue weighted by molar-refractivity contribution is -0.141. The maximum Gasteiger partial charge on any atom is 0.325 e. The lowest BCUT2D eigenvalue weighted by Gasteiger charge is -2.20. The highest BCUT2D eigenvalue weighted by atomic mass is 16.5. The largest absolute Gasteiger partial charge is 0.497 e. The predicted molar refractivity (Wildman–Crippen MR) is 90.8 cm³/mol. The Morgan fingerprint density at radius 1 is 1.00 bits per heavy atom. The summed E-state index contributed by atoms with van der Waals surface area (Å²) in [5.41, 5.74) is 1.55. The van der Waals surface area contributed by atoms with Crippen molar-refractivity contribution in [2.45, 2.75) is 6.04 Å². The van der Waals surface area contributed by atoms with Crippen LogP contribution in [-0.2, 0) is 14.3 Å². The fraction of sp³-hybridized carbons (Fsp3) is 0.222. The summed E-state index contributed by atoms with van der Waals surface area (Å²) in [5, 5.41) is 5.74. The third kappa shape index (κ3) is 4.74. The van der Waals surface area contributed by atoms with Crippen LogP contribution in [0.15, 0.2) is 54.6 Å². The molecule has 1 amide bonds. The molecule has 2 N–H and O–H groups in total. The van der Waals surface area contributed by atoms with Gasteiger partial charge in [-0.3, -0.25) is 9.59 Å². The van der Waals surface area contributed by atoms with E-state index in [-0.39, 0.29) is 12.5 Å². The lowest BCUT2D eigenvalue weighted by atomic mass is 10.1. The number of hydrogen-bond donors (Lipinski definition) is 2. The quantitative estimate of drug-likeness (QED) is 0.762. The van der Waals surface area contributed by atoms with Gasteiger partial charge in [-0.2, -0.15) is 0 Å². The minimum Gasteiger partial charge on any atom is -0.497 e. The zero-order valence-electron chi connectivity index (χ0n) is 13.6. The van der Waals surface area contributed by atoms with Crippen LogP contribution in [0.25, 0.3) is 0 Å². The fourth-order valence-electron chi connectivity index (χ4n) is 2.13. The SMILES string of the molecule is COC(=O)CNC(=O)[C@@H](Nc1ccc(OC)cc1)c1ccccc1. The molecular weight excluding hydrogens is 308 g/mol. The second-order valence-corrected chi connectivity index (χ2v) is 5.01. The van der Waals surface area contributed by atoms with Crippen molar-refractivity contribution in [2.75, 3.05) is 26.1 Å². The molecule has 0 aliphatic rings. The van der Waals surface area contributed by atoms with Crippen molar-refractivity contribution in [3.63, 3.8) is 0 Å². The maximum absolute atomic E-state index is 12.5. The Kier molecular flexibility index (Phi) is 6.19. The van der Waals surface area contributed by atoms with Crippen LogP contribution in [0.4, 0.5) is 5.69 Å². The summed E-state index contributed by atoms with van der Waals surface area (Å²) in [4.78, 5) is 23.7. The molecule has 0 aromatic heterocycles. The number of rotatable bonds is 7. The Morgan fingerprint density at radius 3 is 2.25 bits per heavy atom. The topological polar surface area (TPSA) is 76.7 Å². The summed E-state index contributed by atoms with van der Waals surface area (Å²) in [5.74, 6) is -0.0889. The van der Waals surface area contributed by atoms with Gasteiger partial charge >= 0.3 is 5.97 Å². The number of ether oxygens (including phenoxy) is 2. The van der Waals surface area contributed by atoms with Crippen molar-refractivity contribution in [3.05, 3.63) is 60.2 Å². The normalized spacial score (nSPS) is 11.2. The van der Waals surface area contributed by atoms with Crippen LogP contribution in [0.3, 0.4) is 0 Å². The second kappa shape index (κ2) is 8.57. The third-order valence-electron chi connectivity index (χ3n) is 3.43. The molecular formula is C18H20N2O4. The minimum atomic E-state index is -0.635. The van der Waals surface area contributed by atoms with Gasteiger partial charge in [-0.15, -0.1) is 0 Å². The average molecular weight is 328 g/mol. The predicted octanol–water partition coefficient (Wildman–Crippen LogP) is 2.14. The molecule has 0 bridgehead atoms. The van der Waals surface area contributed by atoms with Crippen LogP contribution >= 0.6 is 0 Å². The van der Waals surface area contributed by atoms with E-state index in [1.807, 2.05) is 42.5 Å². The number of amides is 1. The Labute approximate surface area is 140 Å². The maximum atomic E-state index is 12.5. The van der Waals surface area contributed by atoms with Crippen LogP contribution < -0.4 is 15.4 Å². The number of anilines is 1. The zero-order chi connectivity index (χ0) is 17.4. The Morgan fingerprint density at radius 2 is 1.67 bits per heavy atom. The summed E-state index contributed by atoms with van der Waals surface area (Å²) >= 11 is 0. The van der Waals surface area contributed by atoms with Crippen molar-refractivity contribution >= 4 is 17.6 Å². The molecule has 0 aliphatic carbocycles. The van der Waals surface area contributed by atoms with Gasteiger partial charge in [0.15, 0.2) is 0 Å². The zero-order valence-corrected chi connectivity index (χ0v) is 13.6. The average Bonchev–Trinajstić information content (AvgIpc) is 2.65. The first-order valence-corrected chi connectivity index (χ1v) is 7.44. The molecule has 126 valence electrons. The number of methoxy groups -OCH3 is 2. The number of carbonyl (C=O) groups is 2. The van der Waals surface area contributed by atoms with Gasteiger partial charge in [0.1, 0.15) is 18.3 Å². The summed E-state index contributed by atoms with van der Waals surface area (Å²) in [6, 6.07) is 15.9. The highest BCUT2D eigenvalue weighted by molar-refractivity contribution is 5.88. The molecule has 0 spiro atoms. The molecule has 2 aromatic carbocycles. The van der Waals surface area contributed by atoms with Crippen LogP contribution in [0.2, 0.25) is 0 Å². The van der Waals surface area contributed by atoms with Crippen molar-refractivity contribution in [3.8, 4) is 5.75 Å². The van der Waals surface area contributed by atoms with E-state index in [0.29, 0.717) is 0 Å². The number of nitrogens with one attached hydrogen (secondary N) is 2. The Hall–Kier alpha value is -3.02. The van der Waals surface area contributed by atoms with Crippen molar-refractivity contribution < 1.29 is 19.1 Å². The lowest BCUT2D eigenvalue weighted by Crippen LogP contribution is -2.37. The van der Waals surface area contributed by atoms with Crippen molar-refractivity contribution in [1.82, 2.24) is 5.32 Å². The molecule has 6 heteroatoms. The van der Waals surface area contributed by atoms with Gasteiger partial charge in [-0.1, -0.05) is 30.3 Å². The van der Waals surface area contributed by atoms with E-state index in [9.17, 15) is 9.59 Å². The van der Waals surface area contributed by atoms with Crippen LogP contribution in [0.1, 0.15) is 11.6 Å². The molecule has 1 atom stereocenters. The summed E-state index contributed by atoms with van der Waals surface area (Å²) < 4.78 is 9.67. The van der Waals surface area contributed by atoms with E-state index in [1.54, 1.807) is 19.2 Å². The second-order valence-electron chi connectivity index (χ2n) is 5.01.